The molecule has 0 radical (unpaired) electrons. The van der Waals surface area contributed by atoms with E-state index in [2.05, 4.69) is 5.32 Å². The van der Waals surface area contributed by atoms with Crippen LogP contribution in [-0.2, 0) is 9.84 Å². The maximum absolute atomic E-state index is 10.9. The Balaban J connectivity index is 2.70. The van der Waals surface area contributed by atoms with Crippen molar-refractivity contribution < 1.29 is 13.3 Å². The lowest BCUT2D eigenvalue weighted by molar-refractivity contribution is -0.384. The normalized spacial score (nSPS) is 11.2. The van der Waals surface area contributed by atoms with Crippen molar-refractivity contribution in [1.82, 2.24) is 0 Å². The molecule has 1 aromatic rings. The smallest absolute Gasteiger partial charge is 0.271 e. The SMILES string of the molecule is CS(=O)(=O)CCNc1ccc([N+](=O)[O-])cc1Cl. The van der Waals surface area contributed by atoms with Gasteiger partial charge >= 0.3 is 0 Å². The van der Waals surface area contributed by atoms with Gasteiger partial charge in [-0.15, -0.1) is 0 Å². The van der Waals surface area contributed by atoms with Crippen molar-refractivity contribution in [3.8, 4) is 0 Å². The molecule has 1 rings (SSSR count). The molecule has 0 heterocycles. The summed E-state index contributed by atoms with van der Waals surface area (Å²) in [6, 6.07) is 3.96. The maximum Gasteiger partial charge on any atom is 0.271 e. The minimum Gasteiger partial charge on any atom is -0.383 e. The van der Waals surface area contributed by atoms with Crippen LogP contribution in [0.4, 0.5) is 11.4 Å². The largest absolute Gasteiger partial charge is 0.383 e. The quantitative estimate of drug-likeness (QED) is 0.654. The Labute approximate surface area is 104 Å². The average molecular weight is 279 g/mol. The van der Waals surface area contributed by atoms with Gasteiger partial charge in [0.15, 0.2) is 0 Å². The van der Waals surface area contributed by atoms with Gasteiger partial charge in [-0.2, -0.15) is 0 Å². The summed E-state index contributed by atoms with van der Waals surface area (Å²) in [5.74, 6) is -0.0275. The predicted molar refractivity (Wildman–Crippen MR) is 66.3 cm³/mol. The molecule has 0 saturated heterocycles. The molecule has 0 aliphatic carbocycles. The molecule has 1 aromatic carbocycles. The van der Waals surface area contributed by atoms with Crippen molar-refractivity contribution in [3.05, 3.63) is 33.3 Å². The van der Waals surface area contributed by atoms with Gasteiger partial charge in [-0.25, -0.2) is 8.42 Å². The Morgan fingerprint density at radius 3 is 2.59 bits per heavy atom. The third kappa shape index (κ3) is 4.58. The van der Waals surface area contributed by atoms with Crippen LogP contribution in [0, 0.1) is 10.1 Å². The van der Waals surface area contributed by atoms with Crippen LogP contribution in [0.1, 0.15) is 0 Å². The number of hydrogen-bond donors (Lipinski definition) is 1. The number of non-ortho nitro benzene ring substituents is 1. The van der Waals surface area contributed by atoms with Crippen LogP contribution in [0.2, 0.25) is 5.02 Å². The van der Waals surface area contributed by atoms with E-state index in [1.807, 2.05) is 0 Å². The molecular formula is C9H11ClN2O4S. The van der Waals surface area contributed by atoms with Crippen molar-refractivity contribution in [1.29, 1.82) is 0 Å². The number of nitrogens with zero attached hydrogens (tertiary/aromatic N) is 1. The van der Waals surface area contributed by atoms with Crippen molar-refractivity contribution in [2.45, 2.75) is 0 Å². The highest BCUT2D eigenvalue weighted by Crippen LogP contribution is 2.26. The van der Waals surface area contributed by atoms with E-state index in [0.717, 1.165) is 6.26 Å². The first kappa shape index (κ1) is 13.7. The van der Waals surface area contributed by atoms with Gasteiger partial charge in [-0.3, -0.25) is 10.1 Å². The number of anilines is 1. The Hall–Kier alpha value is -1.34. The summed E-state index contributed by atoms with van der Waals surface area (Å²) >= 11 is 5.81. The summed E-state index contributed by atoms with van der Waals surface area (Å²) < 4.78 is 21.8. The molecule has 0 aromatic heterocycles. The Morgan fingerprint density at radius 2 is 2.12 bits per heavy atom. The highest BCUT2D eigenvalue weighted by molar-refractivity contribution is 7.90. The summed E-state index contributed by atoms with van der Waals surface area (Å²) in [7, 11) is -3.04. The third-order valence-electron chi connectivity index (χ3n) is 1.95. The molecule has 0 bridgehead atoms. The predicted octanol–water partition coefficient (Wildman–Crippen LogP) is 1.70. The van der Waals surface area contributed by atoms with Gasteiger partial charge in [0.2, 0.25) is 0 Å². The van der Waals surface area contributed by atoms with Crippen molar-refractivity contribution in [2.24, 2.45) is 0 Å². The molecule has 0 saturated carbocycles. The van der Waals surface area contributed by atoms with E-state index in [4.69, 9.17) is 11.6 Å². The first-order valence-corrected chi connectivity index (χ1v) is 7.09. The van der Waals surface area contributed by atoms with Gasteiger partial charge < -0.3 is 5.32 Å². The van der Waals surface area contributed by atoms with Crippen LogP contribution in [-0.4, -0.2) is 31.9 Å². The summed E-state index contributed by atoms with van der Waals surface area (Å²) in [6.07, 6.45) is 1.13. The van der Waals surface area contributed by atoms with Crippen molar-refractivity contribution in [2.75, 3.05) is 23.9 Å². The molecule has 17 heavy (non-hydrogen) atoms. The molecule has 6 nitrogen and oxygen atoms in total. The second-order valence-corrected chi connectivity index (χ2v) is 6.14. The first-order chi connectivity index (χ1) is 7.79. The first-order valence-electron chi connectivity index (χ1n) is 4.65. The van der Waals surface area contributed by atoms with Crippen LogP contribution in [0.25, 0.3) is 0 Å². The van der Waals surface area contributed by atoms with Crippen LogP contribution in [0.3, 0.4) is 0 Å². The van der Waals surface area contributed by atoms with Crippen LogP contribution < -0.4 is 5.32 Å². The van der Waals surface area contributed by atoms with E-state index >= 15 is 0 Å². The zero-order valence-corrected chi connectivity index (χ0v) is 10.6. The molecule has 0 atom stereocenters. The lowest BCUT2D eigenvalue weighted by Gasteiger charge is -2.07. The second kappa shape index (κ2) is 5.33. The number of nitro benzene ring substituents is 1. The monoisotopic (exact) mass is 278 g/mol. The average Bonchev–Trinajstić information content (AvgIpc) is 2.18. The van der Waals surface area contributed by atoms with Crippen LogP contribution >= 0.6 is 11.6 Å². The fourth-order valence-corrected chi connectivity index (χ4v) is 1.85. The van der Waals surface area contributed by atoms with E-state index in [1.165, 1.54) is 18.2 Å². The Kier molecular flexibility index (Phi) is 4.30. The van der Waals surface area contributed by atoms with Gasteiger partial charge in [0.1, 0.15) is 9.84 Å². The van der Waals surface area contributed by atoms with Crippen molar-refractivity contribution in [3.63, 3.8) is 0 Å². The molecule has 0 fully saturated rings. The number of halogens is 1. The van der Waals surface area contributed by atoms with Gasteiger partial charge in [-0.1, -0.05) is 11.6 Å². The summed E-state index contributed by atoms with van der Waals surface area (Å²) in [5, 5.41) is 13.4. The molecular weight excluding hydrogens is 268 g/mol. The number of sulfone groups is 1. The summed E-state index contributed by atoms with van der Waals surface area (Å²) in [5.41, 5.74) is 0.365. The number of nitro groups is 1. The fraction of sp³-hybridized carbons (Fsp3) is 0.333. The third-order valence-corrected chi connectivity index (χ3v) is 3.21. The van der Waals surface area contributed by atoms with Crippen LogP contribution in [0.5, 0.6) is 0 Å². The Bertz CT molecular complexity index is 530. The van der Waals surface area contributed by atoms with Crippen LogP contribution in [0.15, 0.2) is 18.2 Å². The van der Waals surface area contributed by atoms with Crippen molar-refractivity contribution >= 4 is 32.8 Å². The zero-order valence-electron chi connectivity index (χ0n) is 9.01. The lowest BCUT2D eigenvalue weighted by atomic mass is 10.3. The molecule has 0 spiro atoms. The number of nitrogens with one attached hydrogen (secondary N) is 1. The molecule has 8 heteroatoms. The van der Waals surface area contributed by atoms with Gasteiger partial charge in [0.25, 0.3) is 5.69 Å². The number of hydrogen-bond acceptors (Lipinski definition) is 5. The molecule has 0 aliphatic heterocycles. The summed E-state index contributed by atoms with van der Waals surface area (Å²) in [4.78, 5) is 9.91. The lowest BCUT2D eigenvalue weighted by Crippen LogP contribution is -2.14. The fourth-order valence-electron chi connectivity index (χ4n) is 1.13. The summed E-state index contributed by atoms with van der Waals surface area (Å²) in [6.45, 7) is 0.205. The van der Waals surface area contributed by atoms with E-state index < -0.39 is 14.8 Å². The maximum atomic E-state index is 10.9. The van der Waals surface area contributed by atoms with E-state index in [-0.39, 0.29) is 23.0 Å². The molecule has 0 aliphatic rings. The topological polar surface area (TPSA) is 89.3 Å². The minimum atomic E-state index is -3.04. The Morgan fingerprint density at radius 1 is 1.47 bits per heavy atom. The molecule has 1 N–H and O–H groups in total. The molecule has 94 valence electrons. The highest BCUT2D eigenvalue weighted by Gasteiger charge is 2.09. The molecule has 0 unspecified atom stereocenters. The van der Waals surface area contributed by atoms with E-state index in [0.29, 0.717) is 5.69 Å². The van der Waals surface area contributed by atoms with E-state index in [9.17, 15) is 18.5 Å². The molecule has 0 amide bonds. The standard InChI is InChI=1S/C9H11ClN2O4S/c1-17(15,16)5-4-11-9-3-2-7(12(13)14)6-8(9)10/h2-3,6,11H,4-5H2,1H3. The van der Waals surface area contributed by atoms with Gasteiger partial charge in [0.05, 0.1) is 21.4 Å². The minimum absolute atomic E-state index is 0.0275. The number of rotatable bonds is 5. The van der Waals surface area contributed by atoms with E-state index in [1.54, 1.807) is 0 Å². The second-order valence-electron chi connectivity index (χ2n) is 3.48. The van der Waals surface area contributed by atoms with Gasteiger partial charge in [-0.05, 0) is 6.07 Å². The zero-order chi connectivity index (χ0) is 13.1. The number of benzene rings is 1. The highest BCUT2D eigenvalue weighted by atomic mass is 35.5. The van der Waals surface area contributed by atoms with Gasteiger partial charge in [0, 0.05) is 24.9 Å².